The summed E-state index contributed by atoms with van der Waals surface area (Å²) < 4.78 is 5.17. The summed E-state index contributed by atoms with van der Waals surface area (Å²) in [6.07, 6.45) is 0.0146. The van der Waals surface area contributed by atoms with Crippen molar-refractivity contribution >= 4 is 29.5 Å². The van der Waals surface area contributed by atoms with Crippen molar-refractivity contribution in [1.29, 1.82) is 0 Å². The maximum Gasteiger partial charge on any atom is 0.308 e. The standard InChI is InChI=1S/C30H32N2O4S/c1-3-36-28(33)17-26(23-15-13-21(2)14-16-23)31-29(34)27(20-37-19-22-9-5-4-6-10-22)32-18-24-11-7-8-12-25(24)30(32)35/h4-16,26-27H,3,17-20H2,1-2H3,(H,31,34)/t26-,27+/m1/s1. The first-order valence-corrected chi connectivity index (χ1v) is 13.6. The Kier molecular flexibility index (Phi) is 9.01. The number of carbonyl (C=O) groups is 3. The number of carbonyl (C=O) groups excluding carboxylic acids is 3. The number of fused-ring (bicyclic) bond motifs is 1. The fourth-order valence-electron chi connectivity index (χ4n) is 4.40. The second kappa shape index (κ2) is 12.6. The zero-order valence-electron chi connectivity index (χ0n) is 21.2. The van der Waals surface area contributed by atoms with Crippen molar-refractivity contribution in [2.45, 2.75) is 44.6 Å². The van der Waals surface area contributed by atoms with Gasteiger partial charge in [0.25, 0.3) is 5.91 Å². The predicted molar refractivity (Wildman–Crippen MR) is 146 cm³/mol. The highest BCUT2D eigenvalue weighted by Gasteiger charge is 2.37. The van der Waals surface area contributed by atoms with Crippen molar-refractivity contribution < 1.29 is 19.1 Å². The van der Waals surface area contributed by atoms with E-state index in [9.17, 15) is 14.4 Å². The van der Waals surface area contributed by atoms with Gasteiger partial charge in [-0.1, -0.05) is 78.4 Å². The summed E-state index contributed by atoms with van der Waals surface area (Å²) in [5.41, 5.74) is 4.61. The van der Waals surface area contributed by atoms with E-state index < -0.39 is 12.1 Å². The summed E-state index contributed by atoms with van der Waals surface area (Å²) in [6.45, 7) is 4.39. The molecule has 0 unspecified atom stereocenters. The van der Waals surface area contributed by atoms with E-state index in [4.69, 9.17) is 4.74 Å². The number of aryl methyl sites for hydroxylation is 1. The lowest BCUT2D eigenvalue weighted by molar-refractivity contribution is -0.144. The van der Waals surface area contributed by atoms with Gasteiger partial charge in [0.15, 0.2) is 0 Å². The summed E-state index contributed by atoms with van der Waals surface area (Å²) in [5.74, 6) is 0.350. The molecule has 2 atom stereocenters. The number of ether oxygens (including phenoxy) is 1. The molecule has 0 aromatic heterocycles. The minimum Gasteiger partial charge on any atom is -0.466 e. The molecule has 0 bridgehead atoms. The van der Waals surface area contributed by atoms with Crippen LogP contribution in [-0.2, 0) is 26.6 Å². The second-order valence-corrected chi connectivity index (χ2v) is 10.1. The van der Waals surface area contributed by atoms with Crippen LogP contribution in [0, 0.1) is 6.92 Å². The van der Waals surface area contributed by atoms with Crippen molar-refractivity contribution in [2.24, 2.45) is 0 Å². The number of hydrogen-bond donors (Lipinski definition) is 1. The molecule has 1 aliphatic heterocycles. The number of rotatable bonds is 11. The topological polar surface area (TPSA) is 75.7 Å². The van der Waals surface area contributed by atoms with Crippen LogP contribution in [0.3, 0.4) is 0 Å². The van der Waals surface area contributed by atoms with Gasteiger partial charge >= 0.3 is 5.97 Å². The number of thioether (sulfide) groups is 1. The van der Waals surface area contributed by atoms with E-state index in [0.717, 1.165) is 28.0 Å². The van der Waals surface area contributed by atoms with Crippen LogP contribution in [0.4, 0.5) is 0 Å². The normalized spacial score (nSPS) is 14.1. The number of nitrogens with one attached hydrogen (secondary N) is 1. The van der Waals surface area contributed by atoms with Gasteiger partial charge < -0.3 is 15.0 Å². The molecular weight excluding hydrogens is 484 g/mol. The van der Waals surface area contributed by atoms with Gasteiger partial charge in [-0.25, -0.2) is 0 Å². The van der Waals surface area contributed by atoms with E-state index >= 15 is 0 Å². The van der Waals surface area contributed by atoms with Crippen molar-refractivity contribution in [3.63, 3.8) is 0 Å². The van der Waals surface area contributed by atoms with Gasteiger partial charge in [-0.15, -0.1) is 0 Å². The molecule has 3 aromatic carbocycles. The predicted octanol–water partition coefficient (Wildman–Crippen LogP) is 5.06. The maximum absolute atomic E-state index is 13.8. The van der Waals surface area contributed by atoms with E-state index in [1.54, 1.807) is 29.7 Å². The zero-order valence-corrected chi connectivity index (χ0v) is 22.0. The van der Waals surface area contributed by atoms with Crippen molar-refractivity contribution in [2.75, 3.05) is 12.4 Å². The van der Waals surface area contributed by atoms with E-state index in [0.29, 0.717) is 17.9 Å². The molecule has 4 rings (SSSR count). The van der Waals surface area contributed by atoms with Crippen LogP contribution in [0.15, 0.2) is 78.9 Å². The molecular formula is C30H32N2O4S. The van der Waals surface area contributed by atoms with Gasteiger partial charge in [0, 0.05) is 23.6 Å². The molecule has 1 aliphatic rings. The Balaban J connectivity index is 1.55. The Morgan fingerprint density at radius 1 is 1.00 bits per heavy atom. The van der Waals surface area contributed by atoms with Crippen LogP contribution >= 0.6 is 11.8 Å². The third-order valence-corrected chi connectivity index (χ3v) is 7.48. The van der Waals surface area contributed by atoms with Crippen LogP contribution in [0.5, 0.6) is 0 Å². The van der Waals surface area contributed by atoms with Crippen LogP contribution in [0.25, 0.3) is 0 Å². The smallest absolute Gasteiger partial charge is 0.308 e. The molecule has 0 saturated carbocycles. The summed E-state index contributed by atoms with van der Waals surface area (Å²) >= 11 is 1.61. The van der Waals surface area contributed by atoms with Crippen molar-refractivity contribution in [3.8, 4) is 0 Å². The SMILES string of the molecule is CCOC(=O)C[C@@H](NC(=O)[C@H](CSCc1ccccc1)N1Cc2ccccc2C1=O)c1ccc(C)cc1. The Morgan fingerprint density at radius 3 is 2.41 bits per heavy atom. The molecule has 1 N–H and O–H groups in total. The molecule has 1 heterocycles. The zero-order chi connectivity index (χ0) is 26.2. The Labute approximate surface area is 222 Å². The quantitative estimate of drug-likeness (QED) is 0.361. The van der Waals surface area contributed by atoms with Gasteiger partial charge in [0.1, 0.15) is 6.04 Å². The summed E-state index contributed by atoms with van der Waals surface area (Å²) in [7, 11) is 0. The largest absolute Gasteiger partial charge is 0.466 e. The lowest BCUT2D eigenvalue weighted by Gasteiger charge is -2.29. The third-order valence-electron chi connectivity index (χ3n) is 6.39. The summed E-state index contributed by atoms with van der Waals surface area (Å²) in [5, 5.41) is 3.07. The number of esters is 1. The van der Waals surface area contributed by atoms with Crippen molar-refractivity contribution in [3.05, 3.63) is 107 Å². The molecule has 7 heteroatoms. The molecule has 0 radical (unpaired) electrons. The number of benzene rings is 3. The summed E-state index contributed by atoms with van der Waals surface area (Å²) in [4.78, 5) is 41.1. The molecule has 2 amide bonds. The first-order valence-electron chi connectivity index (χ1n) is 12.5. The van der Waals surface area contributed by atoms with Gasteiger partial charge in [-0.3, -0.25) is 14.4 Å². The average molecular weight is 517 g/mol. The first-order chi connectivity index (χ1) is 18.0. The van der Waals surface area contributed by atoms with Gasteiger partial charge in [0.2, 0.25) is 5.91 Å². The van der Waals surface area contributed by atoms with Crippen LogP contribution in [0.1, 0.15) is 52.0 Å². The maximum atomic E-state index is 13.8. The second-order valence-electron chi connectivity index (χ2n) is 9.09. The molecule has 0 aliphatic carbocycles. The van der Waals surface area contributed by atoms with E-state index in [1.165, 1.54) is 0 Å². The minimum absolute atomic E-state index is 0.0146. The molecule has 0 saturated heterocycles. The van der Waals surface area contributed by atoms with Gasteiger partial charge in [-0.05, 0) is 36.6 Å². The number of amides is 2. The molecule has 0 fully saturated rings. The highest BCUT2D eigenvalue weighted by atomic mass is 32.2. The third kappa shape index (κ3) is 6.80. The van der Waals surface area contributed by atoms with E-state index in [1.807, 2.05) is 79.7 Å². The van der Waals surface area contributed by atoms with E-state index in [-0.39, 0.29) is 30.8 Å². The fraction of sp³-hybridized carbons (Fsp3) is 0.300. The highest BCUT2D eigenvalue weighted by molar-refractivity contribution is 7.98. The lowest BCUT2D eigenvalue weighted by Crippen LogP contribution is -2.49. The van der Waals surface area contributed by atoms with Gasteiger partial charge in [-0.2, -0.15) is 11.8 Å². The van der Waals surface area contributed by atoms with Crippen molar-refractivity contribution in [1.82, 2.24) is 10.2 Å². The van der Waals surface area contributed by atoms with E-state index in [2.05, 4.69) is 5.32 Å². The number of nitrogens with zero attached hydrogens (tertiary/aromatic N) is 1. The Hall–Kier alpha value is -3.58. The summed E-state index contributed by atoms with van der Waals surface area (Å²) in [6, 6.07) is 24.0. The molecule has 3 aromatic rings. The minimum atomic E-state index is -0.691. The molecule has 192 valence electrons. The monoisotopic (exact) mass is 516 g/mol. The number of hydrogen-bond acceptors (Lipinski definition) is 5. The molecule has 37 heavy (non-hydrogen) atoms. The lowest BCUT2D eigenvalue weighted by atomic mass is 10.0. The first kappa shape index (κ1) is 26.5. The Bertz CT molecular complexity index is 1230. The van der Waals surface area contributed by atoms with Crippen LogP contribution in [-0.4, -0.2) is 41.1 Å². The van der Waals surface area contributed by atoms with Crippen LogP contribution < -0.4 is 5.32 Å². The highest BCUT2D eigenvalue weighted by Crippen LogP contribution is 2.28. The molecule has 0 spiro atoms. The Morgan fingerprint density at radius 2 is 1.70 bits per heavy atom. The van der Waals surface area contributed by atoms with Crippen LogP contribution in [0.2, 0.25) is 0 Å². The fourth-order valence-corrected chi connectivity index (χ4v) is 5.50. The average Bonchev–Trinajstić information content (AvgIpc) is 3.23. The van der Waals surface area contributed by atoms with Gasteiger partial charge in [0.05, 0.1) is 19.1 Å². The molecule has 6 nitrogen and oxygen atoms in total.